The third-order valence-electron chi connectivity index (χ3n) is 2.79. The number of hydrogen-bond donors (Lipinski definition) is 0. The van der Waals surface area contributed by atoms with Gasteiger partial charge >= 0.3 is 0 Å². The van der Waals surface area contributed by atoms with Crippen molar-refractivity contribution in [2.75, 3.05) is 0 Å². The topological polar surface area (TPSA) is 12.9 Å². The maximum atomic E-state index is 13.6. The van der Waals surface area contributed by atoms with Crippen LogP contribution in [0.3, 0.4) is 0 Å². The Bertz CT molecular complexity index is 506. The highest BCUT2D eigenvalue weighted by Gasteiger charge is 2.10. The molecule has 0 aliphatic heterocycles. The van der Waals surface area contributed by atoms with Gasteiger partial charge in [-0.3, -0.25) is 4.98 Å². The molecule has 2 rings (SSSR count). The van der Waals surface area contributed by atoms with E-state index in [0.717, 1.165) is 22.3 Å². The smallest absolute Gasteiger partial charge is 0.145 e. The Morgan fingerprint density at radius 2 is 1.88 bits per heavy atom. The molecule has 0 saturated carbocycles. The van der Waals surface area contributed by atoms with Gasteiger partial charge in [0.1, 0.15) is 5.82 Å². The van der Waals surface area contributed by atoms with E-state index in [1.165, 1.54) is 6.20 Å². The van der Waals surface area contributed by atoms with Crippen molar-refractivity contribution < 1.29 is 4.39 Å². The molecule has 0 atom stereocenters. The minimum absolute atomic E-state index is 0.219. The zero-order chi connectivity index (χ0) is 11.5. The number of aromatic nitrogens is 1. The van der Waals surface area contributed by atoms with E-state index in [4.69, 9.17) is 0 Å². The molecule has 0 saturated heterocycles. The normalized spacial score (nSPS) is 10.4. The molecular weight excluding hydrogens is 201 g/mol. The molecule has 0 aliphatic carbocycles. The minimum Gasteiger partial charge on any atom is -0.261 e. The van der Waals surface area contributed by atoms with E-state index in [2.05, 4.69) is 4.98 Å². The maximum absolute atomic E-state index is 13.6. The highest BCUT2D eigenvalue weighted by molar-refractivity contribution is 5.69. The van der Waals surface area contributed by atoms with Gasteiger partial charge in [-0.05, 0) is 30.0 Å². The van der Waals surface area contributed by atoms with Crippen molar-refractivity contribution in [3.8, 4) is 11.1 Å². The number of aryl methyl sites for hydroxylation is 1. The van der Waals surface area contributed by atoms with E-state index in [-0.39, 0.29) is 5.82 Å². The molecule has 0 fully saturated rings. The molecule has 1 aromatic carbocycles. The first kappa shape index (κ1) is 10.8. The van der Waals surface area contributed by atoms with E-state index in [1.807, 2.05) is 38.1 Å². The largest absolute Gasteiger partial charge is 0.261 e. The van der Waals surface area contributed by atoms with Crippen LogP contribution in [0.25, 0.3) is 11.1 Å². The van der Waals surface area contributed by atoms with Crippen LogP contribution in [0.1, 0.15) is 18.1 Å². The predicted molar refractivity (Wildman–Crippen MR) is 63.7 cm³/mol. The zero-order valence-electron chi connectivity index (χ0n) is 9.50. The second-order valence-corrected chi connectivity index (χ2v) is 3.82. The molecule has 0 unspecified atom stereocenters. The summed E-state index contributed by atoms with van der Waals surface area (Å²) in [5, 5.41) is 0. The first-order chi connectivity index (χ1) is 7.74. The van der Waals surface area contributed by atoms with Crippen molar-refractivity contribution >= 4 is 0 Å². The van der Waals surface area contributed by atoms with Crippen molar-refractivity contribution in [3.63, 3.8) is 0 Å². The van der Waals surface area contributed by atoms with Gasteiger partial charge in [0.25, 0.3) is 0 Å². The monoisotopic (exact) mass is 215 g/mol. The summed E-state index contributed by atoms with van der Waals surface area (Å²) in [7, 11) is 0. The molecule has 16 heavy (non-hydrogen) atoms. The zero-order valence-corrected chi connectivity index (χ0v) is 9.50. The lowest BCUT2D eigenvalue weighted by Gasteiger charge is -2.10. The third kappa shape index (κ3) is 1.83. The molecule has 2 heteroatoms. The van der Waals surface area contributed by atoms with Crippen LogP contribution in [0.4, 0.5) is 4.39 Å². The number of pyridine rings is 1. The van der Waals surface area contributed by atoms with E-state index < -0.39 is 0 Å². The van der Waals surface area contributed by atoms with Gasteiger partial charge in [0, 0.05) is 11.8 Å². The maximum Gasteiger partial charge on any atom is 0.145 e. The van der Waals surface area contributed by atoms with Crippen LogP contribution in [-0.2, 0) is 6.42 Å². The Morgan fingerprint density at radius 3 is 2.56 bits per heavy atom. The number of nitrogens with zero attached hydrogens (tertiary/aromatic N) is 1. The van der Waals surface area contributed by atoms with Gasteiger partial charge in [0.05, 0.1) is 6.20 Å². The van der Waals surface area contributed by atoms with Gasteiger partial charge in [-0.25, -0.2) is 4.39 Å². The summed E-state index contributed by atoms with van der Waals surface area (Å²) >= 11 is 0. The summed E-state index contributed by atoms with van der Waals surface area (Å²) in [6, 6.07) is 7.98. The molecule has 82 valence electrons. The second kappa shape index (κ2) is 4.44. The van der Waals surface area contributed by atoms with Gasteiger partial charge < -0.3 is 0 Å². The number of halogens is 1. The summed E-state index contributed by atoms with van der Waals surface area (Å²) in [6.45, 7) is 3.99. The van der Waals surface area contributed by atoms with Gasteiger partial charge in [0.15, 0.2) is 0 Å². The Hall–Kier alpha value is -1.70. The Kier molecular flexibility index (Phi) is 3.00. The fraction of sp³-hybridized carbons (Fsp3) is 0.214. The Balaban J connectivity index is 2.65. The lowest BCUT2D eigenvalue weighted by atomic mass is 9.96. The summed E-state index contributed by atoms with van der Waals surface area (Å²) in [5.41, 5.74) is 3.85. The van der Waals surface area contributed by atoms with Crippen molar-refractivity contribution in [3.05, 3.63) is 53.6 Å². The molecule has 0 radical (unpaired) electrons. The average Bonchev–Trinajstić information content (AvgIpc) is 2.29. The standard InChI is InChI=1S/C14H14FN/c1-3-11-13(8-16-9-14(11)15)12-7-5-4-6-10(12)2/h4-9H,3H2,1-2H3. The van der Waals surface area contributed by atoms with E-state index >= 15 is 0 Å². The van der Waals surface area contributed by atoms with E-state index in [0.29, 0.717) is 6.42 Å². The highest BCUT2D eigenvalue weighted by Crippen LogP contribution is 2.27. The summed E-state index contributed by atoms with van der Waals surface area (Å²) in [5.74, 6) is -0.219. The third-order valence-corrected chi connectivity index (χ3v) is 2.79. The molecule has 2 aromatic rings. The fourth-order valence-corrected chi connectivity index (χ4v) is 1.93. The van der Waals surface area contributed by atoms with Crippen LogP contribution < -0.4 is 0 Å². The minimum atomic E-state index is -0.219. The summed E-state index contributed by atoms with van der Waals surface area (Å²) in [6.07, 6.45) is 3.70. The quantitative estimate of drug-likeness (QED) is 0.743. The molecular formula is C14H14FN. The molecule has 1 heterocycles. The molecule has 0 bridgehead atoms. The van der Waals surface area contributed by atoms with Crippen LogP contribution in [0.15, 0.2) is 36.7 Å². The fourth-order valence-electron chi connectivity index (χ4n) is 1.93. The van der Waals surface area contributed by atoms with E-state index in [1.54, 1.807) is 6.20 Å². The SMILES string of the molecule is CCc1c(F)cncc1-c1ccccc1C. The molecule has 0 amide bonds. The van der Waals surface area contributed by atoms with Crippen LogP contribution in [0.2, 0.25) is 0 Å². The Morgan fingerprint density at radius 1 is 1.12 bits per heavy atom. The summed E-state index contributed by atoms with van der Waals surface area (Å²) < 4.78 is 13.6. The second-order valence-electron chi connectivity index (χ2n) is 3.82. The summed E-state index contributed by atoms with van der Waals surface area (Å²) in [4.78, 5) is 3.94. The lowest BCUT2D eigenvalue weighted by Crippen LogP contribution is -1.95. The van der Waals surface area contributed by atoms with E-state index in [9.17, 15) is 4.39 Å². The number of benzene rings is 1. The van der Waals surface area contributed by atoms with Crippen LogP contribution >= 0.6 is 0 Å². The van der Waals surface area contributed by atoms with Crippen molar-refractivity contribution in [1.29, 1.82) is 0 Å². The molecule has 0 spiro atoms. The molecule has 0 aliphatic rings. The first-order valence-corrected chi connectivity index (χ1v) is 5.42. The van der Waals surface area contributed by atoms with Gasteiger partial charge in [-0.1, -0.05) is 31.2 Å². The van der Waals surface area contributed by atoms with Gasteiger partial charge in [0.2, 0.25) is 0 Å². The molecule has 1 aromatic heterocycles. The van der Waals surface area contributed by atoms with Crippen molar-refractivity contribution in [2.45, 2.75) is 20.3 Å². The molecule has 1 nitrogen and oxygen atoms in total. The van der Waals surface area contributed by atoms with Crippen LogP contribution in [0.5, 0.6) is 0 Å². The highest BCUT2D eigenvalue weighted by atomic mass is 19.1. The van der Waals surface area contributed by atoms with Gasteiger partial charge in [-0.15, -0.1) is 0 Å². The number of rotatable bonds is 2. The Labute approximate surface area is 95.0 Å². The van der Waals surface area contributed by atoms with Crippen LogP contribution in [0, 0.1) is 12.7 Å². The predicted octanol–water partition coefficient (Wildman–Crippen LogP) is 3.76. The van der Waals surface area contributed by atoms with Crippen molar-refractivity contribution in [2.24, 2.45) is 0 Å². The molecule has 0 N–H and O–H groups in total. The number of hydrogen-bond acceptors (Lipinski definition) is 1. The van der Waals surface area contributed by atoms with Crippen LogP contribution in [-0.4, -0.2) is 4.98 Å². The first-order valence-electron chi connectivity index (χ1n) is 5.42. The average molecular weight is 215 g/mol. The van der Waals surface area contributed by atoms with Crippen molar-refractivity contribution in [1.82, 2.24) is 4.98 Å². The lowest BCUT2D eigenvalue weighted by molar-refractivity contribution is 0.606. The van der Waals surface area contributed by atoms with Gasteiger partial charge in [-0.2, -0.15) is 0 Å².